The van der Waals surface area contributed by atoms with Crippen LogP contribution < -0.4 is 14.8 Å². The van der Waals surface area contributed by atoms with E-state index in [0.29, 0.717) is 16.7 Å². The van der Waals surface area contributed by atoms with Crippen molar-refractivity contribution in [3.63, 3.8) is 0 Å². The number of carbonyl (C=O) groups is 2. The minimum atomic E-state index is -0.165. The first kappa shape index (κ1) is 24.7. The molecule has 180 valence electrons. The first-order chi connectivity index (χ1) is 16.5. The summed E-state index contributed by atoms with van der Waals surface area (Å²) in [6.45, 7) is 0.412. The second kappa shape index (κ2) is 11.3. The highest BCUT2D eigenvalue weighted by Gasteiger charge is 2.41. The lowest BCUT2D eigenvalue weighted by Crippen LogP contribution is -2.54. The monoisotopic (exact) mass is 544 g/mol. The molecule has 2 aromatic rings. The number of rotatable bonds is 7. The summed E-state index contributed by atoms with van der Waals surface area (Å²) >= 11 is 5.17. The Hall–Kier alpha value is -2.45. The Morgan fingerprint density at radius 3 is 2.68 bits per heavy atom. The lowest BCUT2D eigenvalue weighted by molar-refractivity contribution is -0.135. The molecule has 6 nitrogen and oxygen atoms in total. The minimum absolute atomic E-state index is 0.0549. The van der Waals surface area contributed by atoms with Crippen molar-refractivity contribution in [1.82, 2.24) is 10.2 Å². The van der Waals surface area contributed by atoms with Crippen LogP contribution in [-0.2, 0) is 16.1 Å². The minimum Gasteiger partial charge on any atom is -0.496 e. The van der Waals surface area contributed by atoms with Crippen molar-refractivity contribution in [2.24, 2.45) is 0 Å². The summed E-state index contributed by atoms with van der Waals surface area (Å²) in [4.78, 5) is 28.9. The second-order valence-electron chi connectivity index (χ2n) is 8.43. The number of carbonyl (C=O) groups excluding carboxylic acids is 2. The molecule has 2 amide bonds. The van der Waals surface area contributed by atoms with Crippen LogP contribution in [0.3, 0.4) is 0 Å². The average Bonchev–Trinajstić information content (AvgIpc) is 2.85. The first-order valence-electron chi connectivity index (χ1n) is 11.4. The topological polar surface area (TPSA) is 67.9 Å². The summed E-state index contributed by atoms with van der Waals surface area (Å²) in [6, 6.07) is 13.4. The van der Waals surface area contributed by atoms with E-state index in [9.17, 15) is 9.59 Å². The Kier molecular flexibility index (Phi) is 8.21. The number of hydrogen-bond donors (Lipinski definition) is 1. The molecule has 8 heteroatoms. The van der Waals surface area contributed by atoms with Gasteiger partial charge in [-0.15, -0.1) is 11.8 Å². The van der Waals surface area contributed by atoms with Gasteiger partial charge in [0.05, 0.1) is 23.6 Å². The van der Waals surface area contributed by atoms with Gasteiger partial charge in [0.15, 0.2) is 0 Å². The Bertz CT molecular complexity index is 1090. The number of amides is 2. The van der Waals surface area contributed by atoms with Crippen molar-refractivity contribution in [3.8, 4) is 11.5 Å². The summed E-state index contributed by atoms with van der Waals surface area (Å²) in [5.41, 5.74) is 1.82. The fourth-order valence-electron chi connectivity index (χ4n) is 4.54. The van der Waals surface area contributed by atoms with E-state index in [2.05, 4.69) is 21.2 Å². The third kappa shape index (κ3) is 5.61. The molecule has 4 rings (SSSR count). The standard InChI is InChI=1S/C26H29BrN2O4S/c1-32-21-9-5-3-7-18(21)15-28-25(30)16-29-20-8-4-6-10-23(20)34-24(26(29)31)14-17-11-12-22(33-2)19(27)13-17/h3,5,7,9,11-14,20,23H,4,6,8,10,15-16H2,1-2H3,(H,28,30)/b24-14+. The van der Waals surface area contributed by atoms with Gasteiger partial charge in [-0.25, -0.2) is 0 Å². The molecule has 0 spiro atoms. The van der Waals surface area contributed by atoms with Crippen LogP contribution in [0.25, 0.3) is 6.08 Å². The SMILES string of the molecule is COc1ccc(/C=C2/SC3CCCCC3N(CC(=O)NCc3ccccc3OC)C2=O)cc1Br. The fourth-order valence-corrected chi connectivity index (χ4v) is 6.57. The van der Waals surface area contributed by atoms with Gasteiger partial charge in [-0.1, -0.05) is 37.1 Å². The largest absolute Gasteiger partial charge is 0.496 e. The van der Waals surface area contributed by atoms with Crippen molar-refractivity contribution in [2.75, 3.05) is 20.8 Å². The molecule has 0 aromatic heterocycles. The van der Waals surface area contributed by atoms with Crippen LogP contribution in [0.5, 0.6) is 11.5 Å². The van der Waals surface area contributed by atoms with Crippen molar-refractivity contribution in [2.45, 2.75) is 43.5 Å². The third-order valence-electron chi connectivity index (χ3n) is 6.27. The average molecular weight is 545 g/mol. The lowest BCUT2D eigenvalue weighted by atomic mass is 9.93. The number of nitrogens with one attached hydrogen (secondary N) is 1. The Labute approximate surface area is 213 Å². The van der Waals surface area contributed by atoms with Crippen LogP contribution in [0.15, 0.2) is 51.8 Å². The molecule has 2 aliphatic rings. The highest BCUT2D eigenvalue weighted by atomic mass is 79.9. The predicted molar refractivity (Wildman–Crippen MR) is 139 cm³/mol. The smallest absolute Gasteiger partial charge is 0.261 e. The Morgan fingerprint density at radius 1 is 1.15 bits per heavy atom. The maximum Gasteiger partial charge on any atom is 0.261 e. The molecule has 2 fully saturated rings. The zero-order valence-electron chi connectivity index (χ0n) is 19.4. The van der Waals surface area contributed by atoms with Crippen LogP contribution in [0.1, 0.15) is 36.8 Å². The van der Waals surface area contributed by atoms with Gasteiger partial charge in [0.1, 0.15) is 18.0 Å². The van der Waals surface area contributed by atoms with E-state index in [0.717, 1.165) is 52.8 Å². The number of ether oxygens (including phenoxy) is 2. The number of para-hydroxylation sites is 1. The predicted octanol–water partition coefficient (Wildman–Crippen LogP) is 5.01. The van der Waals surface area contributed by atoms with Crippen molar-refractivity contribution >= 4 is 45.6 Å². The summed E-state index contributed by atoms with van der Waals surface area (Å²) in [7, 11) is 3.24. The number of halogens is 1. The second-order valence-corrected chi connectivity index (χ2v) is 10.6. The number of hydrogen-bond acceptors (Lipinski definition) is 5. The van der Waals surface area contributed by atoms with E-state index < -0.39 is 0 Å². The molecule has 1 aliphatic carbocycles. The lowest BCUT2D eigenvalue weighted by Gasteiger charge is -2.43. The van der Waals surface area contributed by atoms with Gasteiger partial charge in [0.2, 0.25) is 5.91 Å². The molecule has 1 saturated carbocycles. The first-order valence-corrected chi connectivity index (χ1v) is 13.1. The molecule has 1 N–H and O–H groups in total. The van der Waals surface area contributed by atoms with Gasteiger partial charge in [0.25, 0.3) is 5.91 Å². The van der Waals surface area contributed by atoms with Gasteiger partial charge in [-0.05, 0) is 58.6 Å². The molecule has 2 aromatic carbocycles. The third-order valence-corrected chi connectivity index (χ3v) is 8.29. The van der Waals surface area contributed by atoms with Crippen LogP contribution in [0.4, 0.5) is 0 Å². The summed E-state index contributed by atoms with van der Waals surface area (Å²) in [5, 5.41) is 3.27. The molecule has 1 aliphatic heterocycles. The normalized spacial score (nSPS) is 21.2. The maximum absolute atomic E-state index is 13.5. The zero-order chi connectivity index (χ0) is 24.1. The number of fused-ring (bicyclic) bond motifs is 1. The summed E-state index contributed by atoms with van der Waals surface area (Å²) in [5.74, 6) is 1.23. The summed E-state index contributed by atoms with van der Waals surface area (Å²) in [6.07, 6.45) is 6.13. The van der Waals surface area contributed by atoms with Crippen molar-refractivity contribution in [3.05, 3.63) is 63.0 Å². The molecule has 2 unspecified atom stereocenters. The van der Waals surface area contributed by atoms with Gasteiger partial charge in [-0.2, -0.15) is 0 Å². The highest BCUT2D eigenvalue weighted by Crippen LogP contribution is 2.42. The van der Waals surface area contributed by atoms with E-state index in [1.165, 1.54) is 0 Å². The number of nitrogens with zero attached hydrogens (tertiary/aromatic N) is 1. The molecule has 1 heterocycles. The van der Waals surface area contributed by atoms with Gasteiger partial charge < -0.3 is 19.7 Å². The van der Waals surface area contributed by atoms with Gasteiger partial charge >= 0.3 is 0 Å². The van der Waals surface area contributed by atoms with E-state index >= 15 is 0 Å². The zero-order valence-corrected chi connectivity index (χ0v) is 21.8. The molecular formula is C26H29BrN2O4S. The number of thioether (sulfide) groups is 1. The maximum atomic E-state index is 13.5. The highest BCUT2D eigenvalue weighted by molar-refractivity contribution is 9.10. The van der Waals surface area contributed by atoms with E-state index in [1.54, 1.807) is 30.9 Å². The molecule has 34 heavy (non-hydrogen) atoms. The summed E-state index contributed by atoms with van der Waals surface area (Å²) < 4.78 is 11.5. The van der Waals surface area contributed by atoms with Crippen LogP contribution in [0.2, 0.25) is 0 Å². The van der Waals surface area contributed by atoms with Crippen LogP contribution in [-0.4, -0.2) is 48.8 Å². The van der Waals surface area contributed by atoms with Crippen molar-refractivity contribution < 1.29 is 19.1 Å². The van der Waals surface area contributed by atoms with Crippen molar-refractivity contribution in [1.29, 1.82) is 0 Å². The van der Waals surface area contributed by atoms with Crippen LogP contribution in [0, 0.1) is 0 Å². The quantitative estimate of drug-likeness (QED) is 0.496. The molecular weight excluding hydrogens is 516 g/mol. The van der Waals surface area contributed by atoms with Crippen LogP contribution >= 0.6 is 27.7 Å². The fraction of sp³-hybridized carbons (Fsp3) is 0.385. The van der Waals surface area contributed by atoms with E-state index in [-0.39, 0.29) is 24.4 Å². The molecule has 1 saturated heterocycles. The number of methoxy groups -OCH3 is 2. The van der Waals surface area contributed by atoms with Gasteiger partial charge in [0, 0.05) is 23.4 Å². The number of benzene rings is 2. The van der Waals surface area contributed by atoms with E-state index in [1.807, 2.05) is 48.5 Å². The molecule has 2 atom stereocenters. The van der Waals surface area contributed by atoms with Gasteiger partial charge in [-0.3, -0.25) is 9.59 Å². The molecule has 0 radical (unpaired) electrons. The Balaban J connectivity index is 1.50. The van der Waals surface area contributed by atoms with E-state index in [4.69, 9.17) is 9.47 Å². The Morgan fingerprint density at radius 2 is 1.91 bits per heavy atom. The molecule has 0 bridgehead atoms.